The standard InChI is InChI=1S/C11H21N5O2/c1-7(17)4-5-16-8(2)9(14-15-16)6-10(13-3)11(12)18/h8-10,13H,4-6H2,1-3H3,(H2,12,18). The van der Waals surface area contributed by atoms with Gasteiger partial charge in [0.15, 0.2) is 0 Å². The number of carbonyl (C=O) groups excluding carboxylic acids is 2. The molecule has 0 aromatic rings. The maximum atomic E-state index is 11.2. The quantitative estimate of drug-likeness (QED) is 0.661. The van der Waals surface area contributed by atoms with E-state index in [1.54, 1.807) is 19.0 Å². The summed E-state index contributed by atoms with van der Waals surface area (Å²) in [4.78, 5) is 22.1. The van der Waals surface area contributed by atoms with Gasteiger partial charge in [-0.15, -0.1) is 0 Å². The molecule has 3 unspecified atom stereocenters. The smallest absolute Gasteiger partial charge is 0.234 e. The zero-order chi connectivity index (χ0) is 13.7. The Morgan fingerprint density at radius 3 is 2.67 bits per heavy atom. The van der Waals surface area contributed by atoms with E-state index in [1.165, 1.54) is 0 Å². The fraction of sp³-hybridized carbons (Fsp3) is 0.818. The SMILES string of the molecule is CNC(CC1N=NN(CCC(C)=O)C1C)C(N)=O. The molecule has 0 fully saturated rings. The normalized spacial score (nSPS) is 24.3. The Bertz CT molecular complexity index is 344. The third kappa shape index (κ3) is 3.76. The zero-order valence-electron chi connectivity index (χ0n) is 11.1. The molecule has 7 nitrogen and oxygen atoms in total. The summed E-state index contributed by atoms with van der Waals surface area (Å²) in [5, 5.41) is 12.8. The van der Waals surface area contributed by atoms with Crippen LogP contribution < -0.4 is 11.1 Å². The molecule has 18 heavy (non-hydrogen) atoms. The van der Waals surface area contributed by atoms with Crippen molar-refractivity contribution in [1.82, 2.24) is 10.3 Å². The molecular formula is C11H21N5O2. The molecule has 0 saturated heterocycles. The summed E-state index contributed by atoms with van der Waals surface area (Å²) in [7, 11) is 1.69. The Morgan fingerprint density at radius 2 is 2.17 bits per heavy atom. The number of hydrogen-bond donors (Lipinski definition) is 2. The first-order valence-electron chi connectivity index (χ1n) is 6.09. The van der Waals surface area contributed by atoms with Gasteiger partial charge < -0.3 is 11.1 Å². The highest BCUT2D eigenvalue weighted by molar-refractivity contribution is 5.79. The predicted octanol–water partition coefficient (Wildman–Crippen LogP) is -0.131. The number of amides is 1. The van der Waals surface area contributed by atoms with Gasteiger partial charge in [-0.1, -0.05) is 5.22 Å². The van der Waals surface area contributed by atoms with Crippen LogP contribution >= 0.6 is 0 Å². The van der Waals surface area contributed by atoms with Crippen LogP contribution in [0.15, 0.2) is 10.3 Å². The Balaban J connectivity index is 2.49. The summed E-state index contributed by atoms with van der Waals surface area (Å²) >= 11 is 0. The van der Waals surface area contributed by atoms with Crippen molar-refractivity contribution >= 4 is 11.7 Å². The van der Waals surface area contributed by atoms with Crippen molar-refractivity contribution < 1.29 is 9.59 Å². The van der Waals surface area contributed by atoms with E-state index >= 15 is 0 Å². The van der Waals surface area contributed by atoms with Crippen LogP contribution in [0.2, 0.25) is 0 Å². The zero-order valence-corrected chi connectivity index (χ0v) is 11.1. The van der Waals surface area contributed by atoms with Gasteiger partial charge in [0, 0.05) is 13.0 Å². The first-order valence-corrected chi connectivity index (χ1v) is 6.09. The number of ketones is 1. The van der Waals surface area contributed by atoms with Gasteiger partial charge in [0.2, 0.25) is 5.91 Å². The van der Waals surface area contributed by atoms with Gasteiger partial charge in [-0.05, 0) is 27.3 Å². The molecule has 0 aromatic heterocycles. The highest BCUT2D eigenvalue weighted by atomic mass is 16.1. The van der Waals surface area contributed by atoms with Crippen LogP contribution in [0.1, 0.15) is 26.7 Å². The van der Waals surface area contributed by atoms with Crippen molar-refractivity contribution in [1.29, 1.82) is 0 Å². The molecular weight excluding hydrogens is 234 g/mol. The molecule has 7 heteroatoms. The molecule has 1 rings (SSSR count). The van der Waals surface area contributed by atoms with Crippen molar-refractivity contribution in [2.75, 3.05) is 13.6 Å². The van der Waals surface area contributed by atoms with E-state index in [2.05, 4.69) is 15.7 Å². The number of Topliss-reactive ketones (excluding diaryl/α,β-unsaturated/α-hetero) is 1. The van der Waals surface area contributed by atoms with Gasteiger partial charge in [0.1, 0.15) is 5.78 Å². The minimum absolute atomic E-state index is 0.0677. The number of likely N-dealkylation sites (N-methyl/N-ethyl adjacent to an activating group) is 1. The van der Waals surface area contributed by atoms with E-state index in [9.17, 15) is 9.59 Å². The summed E-state index contributed by atoms with van der Waals surface area (Å²) < 4.78 is 0. The second kappa shape index (κ2) is 6.44. The molecule has 0 saturated carbocycles. The number of nitrogens with zero attached hydrogens (tertiary/aromatic N) is 3. The molecule has 1 aliphatic rings. The minimum Gasteiger partial charge on any atom is -0.368 e. The van der Waals surface area contributed by atoms with Crippen LogP contribution in [-0.4, -0.2) is 48.4 Å². The molecule has 1 amide bonds. The average Bonchev–Trinajstić information content (AvgIpc) is 2.64. The predicted molar refractivity (Wildman–Crippen MR) is 66.8 cm³/mol. The van der Waals surface area contributed by atoms with E-state index in [4.69, 9.17) is 5.73 Å². The van der Waals surface area contributed by atoms with Crippen molar-refractivity contribution in [2.24, 2.45) is 16.1 Å². The molecule has 3 N–H and O–H groups in total. The molecule has 0 bridgehead atoms. The van der Waals surface area contributed by atoms with Crippen molar-refractivity contribution in [3.05, 3.63) is 0 Å². The van der Waals surface area contributed by atoms with Crippen LogP contribution in [-0.2, 0) is 9.59 Å². The van der Waals surface area contributed by atoms with Crippen LogP contribution in [0.4, 0.5) is 0 Å². The van der Waals surface area contributed by atoms with Crippen LogP contribution in [0.25, 0.3) is 0 Å². The number of nitrogens with one attached hydrogen (secondary N) is 1. The summed E-state index contributed by atoms with van der Waals surface area (Å²) in [6, 6.07) is -0.384. The van der Waals surface area contributed by atoms with E-state index in [0.29, 0.717) is 19.4 Å². The van der Waals surface area contributed by atoms with E-state index in [0.717, 1.165) is 0 Å². The van der Waals surface area contributed by atoms with E-state index < -0.39 is 6.04 Å². The first kappa shape index (κ1) is 14.6. The van der Waals surface area contributed by atoms with Crippen molar-refractivity contribution in [2.45, 2.75) is 44.8 Å². The molecule has 1 aliphatic heterocycles. The summed E-state index contributed by atoms with van der Waals surface area (Å²) in [6.07, 6.45) is 0.981. The fourth-order valence-corrected chi connectivity index (χ4v) is 1.89. The average molecular weight is 255 g/mol. The Morgan fingerprint density at radius 1 is 1.50 bits per heavy atom. The van der Waals surface area contributed by atoms with E-state index in [1.807, 2.05) is 6.92 Å². The number of nitrogens with two attached hydrogens (primary N) is 1. The summed E-state index contributed by atoms with van der Waals surface area (Å²) in [5.41, 5.74) is 5.27. The molecule has 102 valence electrons. The third-order valence-corrected chi connectivity index (χ3v) is 3.20. The Kier molecular flexibility index (Phi) is 5.21. The monoisotopic (exact) mass is 255 g/mol. The molecule has 0 radical (unpaired) electrons. The Hall–Kier alpha value is -1.50. The van der Waals surface area contributed by atoms with Gasteiger partial charge >= 0.3 is 0 Å². The Labute approximate surface area is 107 Å². The van der Waals surface area contributed by atoms with Crippen molar-refractivity contribution in [3.8, 4) is 0 Å². The highest BCUT2D eigenvalue weighted by Gasteiger charge is 2.31. The minimum atomic E-state index is -0.399. The number of hydrogen-bond acceptors (Lipinski definition) is 6. The summed E-state index contributed by atoms with van der Waals surface area (Å²) in [6.45, 7) is 4.11. The van der Waals surface area contributed by atoms with Crippen molar-refractivity contribution in [3.63, 3.8) is 0 Å². The number of primary amides is 1. The lowest BCUT2D eigenvalue weighted by molar-refractivity contribution is -0.120. The van der Waals surface area contributed by atoms with Crippen LogP contribution in [0, 0.1) is 0 Å². The van der Waals surface area contributed by atoms with Crippen LogP contribution in [0.3, 0.4) is 0 Å². The lowest BCUT2D eigenvalue weighted by Crippen LogP contribution is -2.44. The fourth-order valence-electron chi connectivity index (χ4n) is 1.89. The van der Waals surface area contributed by atoms with Crippen LogP contribution in [0.5, 0.6) is 0 Å². The highest BCUT2D eigenvalue weighted by Crippen LogP contribution is 2.21. The number of rotatable bonds is 7. The lowest BCUT2D eigenvalue weighted by Gasteiger charge is -2.23. The second-order valence-electron chi connectivity index (χ2n) is 4.61. The van der Waals surface area contributed by atoms with Gasteiger partial charge in [-0.2, -0.15) is 5.11 Å². The third-order valence-electron chi connectivity index (χ3n) is 3.20. The number of carbonyl (C=O) groups is 2. The largest absolute Gasteiger partial charge is 0.368 e. The van der Waals surface area contributed by atoms with Gasteiger partial charge in [0.25, 0.3) is 0 Å². The lowest BCUT2D eigenvalue weighted by atomic mass is 10.0. The first-order chi connectivity index (χ1) is 8.45. The molecule has 0 spiro atoms. The summed E-state index contributed by atoms with van der Waals surface area (Å²) in [5.74, 6) is -0.256. The topological polar surface area (TPSA) is 100 Å². The van der Waals surface area contributed by atoms with Gasteiger partial charge in [0.05, 0.1) is 18.1 Å². The maximum absolute atomic E-state index is 11.2. The molecule has 0 aliphatic carbocycles. The molecule has 3 atom stereocenters. The second-order valence-corrected chi connectivity index (χ2v) is 4.61. The van der Waals surface area contributed by atoms with Gasteiger partial charge in [-0.3, -0.25) is 14.6 Å². The van der Waals surface area contributed by atoms with Gasteiger partial charge in [-0.25, -0.2) is 0 Å². The maximum Gasteiger partial charge on any atom is 0.234 e. The molecule has 1 heterocycles. The molecule has 0 aromatic carbocycles. The van der Waals surface area contributed by atoms with E-state index in [-0.39, 0.29) is 23.8 Å².